The molecule has 98 valence electrons. The molecule has 1 aromatic heterocycles. The van der Waals surface area contributed by atoms with Gasteiger partial charge in [0.1, 0.15) is 5.82 Å². The van der Waals surface area contributed by atoms with Crippen LogP contribution in [0.5, 0.6) is 0 Å². The molecule has 5 heteroatoms. The van der Waals surface area contributed by atoms with E-state index in [-0.39, 0.29) is 22.6 Å². The van der Waals surface area contributed by atoms with Gasteiger partial charge in [-0.2, -0.15) is 0 Å². The Morgan fingerprint density at radius 2 is 1.89 bits per heavy atom. The molecule has 1 N–H and O–H groups in total. The van der Waals surface area contributed by atoms with Crippen molar-refractivity contribution in [2.45, 2.75) is 0 Å². The van der Waals surface area contributed by atoms with Crippen molar-refractivity contribution in [3.63, 3.8) is 0 Å². The van der Waals surface area contributed by atoms with E-state index in [9.17, 15) is 14.0 Å². The van der Waals surface area contributed by atoms with Gasteiger partial charge >= 0.3 is 0 Å². The van der Waals surface area contributed by atoms with Gasteiger partial charge in [0, 0.05) is 37.5 Å². The van der Waals surface area contributed by atoms with Crippen LogP contribution in [-0.2, 0) is 0 Å². The van der Waals surface area contributed by atoms with Crippen molar-refractivity contribution < 1.29 is 9.18 Å². The molecule has 0 aliphatic rings. The molecule has 0 spiro atoms. The van der Waals surface area contributed by atoms with Gasteiger partial charge in [0.15, 0.2) is 0 Å². The number of hydrogen-bond acceptors (Lipinski definition) is 2. The number of halogens is 1. The van der Waals surface area contributed by atoms with Gasteiger partial charge in [-0.3, -0.25) is 9.59 Å². The number of nitrogens with one attached hydrogen (secondary N) is 1. The Bertz CT molecular complexity index is 677. The van der Waals surface area contributed by atoms with Crippen LogP contribution in [0.4, 0.5) is 4.39 Å². The van der Waals surface area contributed by atoms with E-state index < -0.39 is 5.82 Å². The number of aromatic amines is 1. The average molecular weight is 260 g/mol. The predicted octanol–water partition coefficient (Wildman–Crippen LogP) is 1.88. The monoisotopic (exact) mass is 260 g/mol. The molecule has 1 aromatic carbocycles. The third-order valence-electron chi connectivity index (χ3n) is 2.72. The first-order valence-corrected chi connectivity index (χ1v) is 5.70. The van der Waals surface area contributed by atoms with E-state index in [1.807, 2.05) is 0 Å². The van der Waals surface area contributed by atoms with Gasteiger partial charge in [0.25, 0.3) is 5.91 Å². The number of amides is 1. The summed E-state index contributed by atoms with van der Waals surface area (Å²) >= 11 is 0. The third-order valence-corrected chi connectivity index (χ3v) is 2.72. The van der Waals surface area contributed by atoms with Crippen LogP contribution < -0.4 is 5.56 Å². The number of carbonyl (C=O) groups excluding carboxylic acids is 1. The van der Waals surface area contributed by atoms with Crippen molar-refractivity contribution in [1.82, 2.24) is 9.88 Å². The van der Waals surface area contributed by atoms with Gasteiger partial charge in [0.05, 0.1) is 5.56 Å². The summed E-state index contributed by atoms with van der Waals surface area (Å²) in [6.07, 6.45) is 1.31. The van der Waals surface area contributed by atoms with E-state index in [0.29, 0.717) is 5.56 Å². The van der Waals surface area contributed by atoms with E-state index in [1.165, 1.54) is 29.3 Å². The van der Waals surface area contributed by atoms with Crippen LogP contribution in [0.2, 0.25) is 0 Å². The van der Waals surface area contributed by atoms with Crippen molar-refractivity contribution in [3.8, 4) is 11.1 Å². The largest absolute Gasteiger partial charge is 0.345 e. The average Bonchev–Trinajstić information content (AvgIpc) is 2.38. The lowest BCUT2D eigenvalue weighted by Crippen LogP contribution is -2.24. The maximum Gasteiger partial charge on any atom is 0.255 e. The van der Waals surface area contributed by atoms with Gasteiger partial charge in [-0.25, -0.2) is 4.39 Å². The highest BCUT2D eigenvalue weighted by Crippen LogP contribution is 2.25. The number of benzene rings is 1. The number of pyridine rings is 1. The summed E-state index contributed by atoms with van der Waals surface area (Å²) in [5, 5.41) is 0. The first kappa shape index (κ1) is 13.0. The van der Waals surface area contributed by atoms with E-state index in [4.69, 9.17) is 0 Å². The maximum atomic E-state index is 13.8. The highest BCUT2D eigenvalue weighted by molar-refractivity contribution is 6.00. The molecule has 4 nitrogen and oxygen atoms in total. The SMILES string of the molecule is CN(C)C(=O)c1c[nH]c(=O)cc1-c1ccccc1F. The van der Waals surface area contributed by atoms with Crippen LogP contribution in [0.25, 0.3) is 11.1 Å². The summed E-state index contributed by atoms with van der Waals surface area (Å²) in [5.74, 6) is -0.768. The fourth-order valence-corrected chi connectivity index (χ4v) is 1.79. The Labute approximate surface area is 109 Å². The Morgan fingerprint density at radius 3 is 2.53 bits per heavy atom. The molecule has 1 amide bonds. The number of rotatable bonds is 2. The third kappa shape index (κ3) is 2.54. The number of hydrogen-bond donors (Lipinski definition) is 1. The minimum Gasteiger partial charge on any atom is -0.345 e. The first-order valence-electron chi connectivity index (χ1n) is 5.70. The molecule has 1 heterocycles. The summed E-state index contributed by atoms with van der Waals surface area (Å²) in [7, 11) is 3.19. The molecule has 2 rings (SSSR count). The molecule has 0 bridgehead atoms. The molecule has 0 saturated heterocycles. The number of carbonyl (C=O) groups is 1. The van der Waals surface area contributed by atoms with E-state index in [1.54, 1.807) is 26.2 Å². The first-order chi connectivity index (χ1) is 9.00. The van der Waals surface area contributed by atoms with Crippen molar-refractivity contribution in [1.29, 1.82) is 0 Å². The summed E-state index contributed by atoms with van der Waals surface area (Å²) < 4.78 is 13.8. The summed E-state index contributed by atoms with van der Waals surface area (Å²) in [6, 6.07) is 7.27. The molecular formula is C14H13FN2O2. The molecule has 0 unspecified atom stereocenters. The minimum atomic E-state index is -0.471. The van der Waals surface area contributed by atoms with Crippen molar-refractivity contribution in [3.05, 3.63) is 58.3 Å². The van der Waals surface area contributed by atoms with Crippen molar-refractivity contribution in [2.24, 2.45) is 0 Å². The summed E-state index contributed by atoms with van der Waals surface area (Å²) in [5.41, 5.74) is 0.405. The molecular weight excluding hydrogens is 247 g/mol. The van der Waals surface area contributed by atoms with Crippen LogP contribution in [-0.4, -0.2) is 29.9 Å². The Hall–Kier alpha value is -2.43. The zero-order valence-corrected chi connectivity index (χ0v) is 10.6. The van der Waals surface area contributed by atoms with Crippen LogP contribution in [0.15, 0.2) is 41.3 Å². The second kappa shape index (κ2) is 5.06. The molecule has 0 aliphatic carbocycles. The predicted molar refractivity (Wildman–Crippen MR) is 70.5 cm³/mol. The summed E-state index contributed by atoms with van der Waals surface area (Å²) in [4.78, 5) is 27.3. The standard InChI is InChI=1S/C14H13FN2O2/c1-17(2)14(19)11-8-16-13(18)7-10(11)9-5-3-4-6-12(9)15/h3-8H,1-2H3,(H,16,18). The lowest BCUT2D eigenvalue weighted by Gasteiger charge is -2.14. The number of nitrogens with zero attached hydrogens (tertiary/aromatic N) is 1. The van der Waals surface area contributed by atoms with Crippen molar-refractivity contribution >= 4 is 5.91 Å². The van der Waals surface area contributed by atoms with Crippen molar-refractivity contribution in [2.75, 3.05) is 14.1 Å². The van der Waals surface area contributed by atoms with Crippen LogP contribution in [0, 0.1) is 5.82 Å². The molecule has 0 saturated carbocycles. The highest BCUT2D eigenvalue weighted by Gasteiger charge is 2.17. The molecule has 0 atom stereocenters. The smallest absolute Gasteiger partial charge is 0.255 e. The highest BCUT2D eigenvalue weighted by atomic mass is 19.1. The second-order valence-electron chi connectivity index (χ2n) is 4.30. The Morgan fingerprint density at radius 1 is 1.21 bits per heavy atom. The molecule has 19 heavy (non-hydrogen) atoms. The van der Waals surface area contributed by atoms with Gasteiger partial charge < -0.3 is 9.88 Å². The van der Waals surface area contributed by atoms with E-state index in [2.05, 4.69) is 4.98 Å². The summed E-state index contributed by atoms with van der Waals surface area (Å²) in [6.45, 7) is 0. The van der Waals surface area contributed by atoms with Crippen LogP contribution >= 0.6 is 0 Å². The maximum absolute atomic E-state index is 13.8. The Balaban J connectivity index is 2.69. The quantitative estimate of drug-likeness (QED) is 0.896. The zero-order valence-electron chi connectivity index (χ0n) is 10.6. The number of aromatic nitrogens is 1. The lowest BCUT2D eigenvalue weighted by molar-refractivity contribution is 0.0828. The lowest BCUT2D eigenvalue weighted by atomic mass is 10.0. The second-order valence-corrected chi connectivity index (χ2v) is 4.30. The van der Waals surface area contributed by atoms with Gasteiger partial charge in [-0.15, -0.1) is 0 Å². The van der Waals surface area contributed by atoms with Crippen LogP contribution in [0.1, 0.15) is 10.4 Å². The van der Waals surface area contributed by atoms with Gasteiger partial charge in [0.2, 0.25) is 5.56 Å². The zero-order chi connectivity index (χ0) is 14.0. The molecule has 2 aromatic rings. The van der Waals surface area contributed by atoms with E-state index >= 15 is 0 Å². The minimum absolute atomic E-state index is 0.235. The van der Waals surface area contributed by atoms with Gasteiger partial charge in [-0.1, -0.05) is 18.2 Å². The molecule has 0 aliphatic heterocycles. The fourth-order valence-electron chi connectivity index (χ4n) is 1.79. The molecule has 0 radical (unpaired) electrons. The molecule has 0 fully saturated rings. The fraction of sp³-hybridized carbons (Fsp3) is 0.143. The Kier molecular flexibility index (Phi) is 3.46. The van der Waals surface area contributed by atoms with Gasteiger partial charge in [-0.05, 0) is 6.07 Å². The number of H-pyrrole nitrogens is 1. The van der Waals surface area contributed by atoms with E-state index in [0.717, 1.165) is 0 Å². The topological polar surface area (TPSA) is 53.2 Å². The van der Waals surface area contributed by atoms with Crippen LogP contribution in [0.3, 0.4) is 0 Å². The normalized spacial score (nSPS) is 10.3.